The molecule has 3 heterocycles. The number of H-pyrrole nitrogens is 1. The SMILES string of the molecule is Cc1c(-c2cc3cc(OCc4cnccn4)ccc3o2)[nH]c(=O)c(C)c1O. The minimum atomic E-state index is -0.346. The molecule has 0 amide bonds. The van der Waals surface area contributed by atoms with Gasteiger partial charge in [-0.15, -0.1) is 0 Å². The molecule has 0 saturated heterocycles. The van der Waals surface area contributed by atoms with Gasteiger partial charge in [-0.05, 0) is 38.1 Å². The van der Waals surface area contributed by atoms with Crippen molar-refractivity contribution in [1.29, 1.82) is 0 Å². The van der Waals surface area contributed by atoms with Crippen LogP contribution in [0.1, 0.15) is 16.8 Å². The van der Waals surface area contributed by atoms with Gasteiger partial charge in [-0.2, -0.15) is 0 Å². The van der Waals surface area contributed by atoms with Crippen molar-refractivity contribution in [1.82, 2.24) is 15.0 Å². The predicted octanol–water partition coefficient (Wildman–Crippen LogP) is 3.48. The highest BCUT2D eigenvalue weighted by atomic mass is 16.5. The van der Waals surface area contributed by atoms with Crippen LogP contribution in [0.3, 0.4) is 0 Å². The first-order chi connectivity index (χ1) is 13.0. The quantitative estimate of drug-likeness (QED) is 0.576. The highest BCUT2D eigenvalue weighted by Gasteiger charge is 2.16. The van der Waals surface area contributed by atoms with E-state index in [2.05, 4.69) is 15.0 Å². The predicted molar refractivity (Wildman–Crippen MR) is 99.8 cm³/mol. The molecule has 1 aromatic carbocycles. The van der Waals surface area contributed by atoms with E-state index in [4.69, 9.17) is 9.15 Å². The van der Waals surface area contributed by atoms with E-state index in [-0.39, 0.29) is 16.9 Å². The van der Waals surface area contributed by atoms with Gasteiger partial charge in [0, 0.05) is 23.3 Å². The molecule has 27 heavy (non-hydrogen) atoms. The van der Waals surface area contributed by atoms with Crippen molar-refractivity contribution in [2.75, 3.05) is 0 Å². The number of aromatic hydroxyl groups is 1. The maximum absolute atomic E-state index is 12.0. The van der Waals surface area contributed by atoms with Gasteiger partial charge in [0.25, 0.3) is 5.56 Å². The van der Waals surface area contributed by atoms with Gasteiger partial charge in [0.15, 0.2) is 5.76 Å². The Hall–Kier alpha value is -3.61. The number of pyridine rings is 1. The fourth-order valence-electron chi connectivity index (χ4n) is 2.85. The second-order valence-corrected chi connectivity index (χ2v) is 6.22. The second kappa shape index (κ2) is 6.60. The monoisotopic (exact) mass is 363 g/mol. The van der Waals surface area contributed by atoms with E-state index in [1.807, 2.05) is 6.07 Å². The largest absolute Gasteiger partial charge is 0.507 e. The zero-order chi connectivity index (χ0) is 19.0. The van der Waals surface area contributed by atoms with Gasteiger partial charge in [0.2, 0.25) is 0 Å². The van der Waals surface area contributed by atoms with Gasteiger partial charge >= 0.3 is 0 Å². The molecule has 2 N–H and O–H groups in total. The Morgan fingerprint density at radius 2 is 2.04 bits per heavy atom. The zero-order valence-electron chi connectivity index (χ0n) is 14.8. The fraction of sp³-hybridized carbons (Fsp3) is 0.150. The van der Waals surface area contributed by atoms with Crippen LogP contribution in [0.25, 0.3) is 22.4 Å². The van der Waals surface area contributed by atoms with Crippen molar-refractivity contribution in [2.45, 2.75) is 20.5 Å². The Labute approximate surface area is 154 Å². The average molecular weight is 363 g/mol. The maximum atomic E-state index is 12.0. The summed E-state index contributed by atoms with van der Waals surface area (Å²) in [5.41, 5.74) is 2.34. The summed E-state index contributed by atoms with van der Waals surface area (Å²) < 4.78 is 11.6. The lowest BCUT2D eigenvalue weighted by atomic mass is 10.1. The standard InChI is InChI=1S/C20H17N3O4/c1-11-18(23-20(25)12(2)19(11)24)17-8-13-7-15(3-4-16(13)27-17)26-10-14-9-21-5-6-22-14/h3-9H,10H2,1-2H3,(H2,23,24,25). The maximum Gasteiger partial charge on any atom is 0.255 e. The summed E-state index contributed by atoms with van der Waals surface area (Å²) in [5, 5.41) is 11.0. The molecular formula is C20H17N3O4. The lowest BCUT2D eigenvalue weighted by Crippen LogP contribution is -2.11. The molecule has 0 radical (unpaired) electrons. The fourth-order valence-corrected chi connectivity index (χ4v) is 2.85. The summed E-state index contributed by atoms with van der Waals surface area (Å²) >= 11 is 0. The molecule has 0 unspecified atom stereocenters. The number of furan rings is 1. The van der Waals surface area contributed by atoms with E-state index in [1.165, 1.54) is 0 Å². The molecule has 4 rings (SSSR count). The number of aromatic amines is 1. The summed E-state index contributed by atoms with van der Waals surface area (Å²) in [5.74, 6) is 1.11. The molecule has 0 aliphatic carbocycles. The van der Waals surface area contributed by atoms with E-state index in [0.29, 0.717) is 35.0 Å². The average Bonchev–Trinajstić information content (AvgIpc) is 3.11. The van der Waals surface area contributed by atoms with Crippen LogP contribution in [-0.2, 0) is 6.61 Å². The topological polar surface area (TPSA) is 101 Å². The third kappa shape index (κ3) is 3.15. The van der Waals surface area contributed by atoms with E-state index in [9.17, 15) is 9.90 Å². The van der Waals surface area contributed by atoms with Gasteiger partial charge < -0.3 is 19.2 Å². The van der Waals surface area contributed by atoms with E-state index < -0.39 is 0 Å². The molecule has 7 nitrogen and oxygen atoms in total. The van der Waals surface area contributed by atoms with E-state index in [1.54, 1.807) is 50.6 Å². The third-order valence-electron chi connectivity index (χ3n) is 4.40. The molecule has 136 valence electrons. The molecule has 0 saturated carbocycles. The number of benzene rings is 1. The van der Waals surface area contributed by atoms with Crippen molar-refractivity contribution in [3.63, 3.8) is 0 Å². The Kier molecular flexibility index (Phi) is 4.12. The van der Waals surface area contributed by atoms with Crippen LogP contribution in [0.15, 0.2) is 52.1 Å². The number of ether oxygens (including phenoxy) is 1. The Bertz CT molecular complexity index is 1180. The van der Waals surface area contributed by atoms with Gasteiger partial charge in [-0.3, -0.25) is 14.8 Å². The number of hydrogen-bond donors (Lipinski definition) is 2. The summed E-state index contributed by atoms with van der Waals surface area (Å²) in [4.78, 5) is 22.9. The first-order valence-electron chi connectivity index (χ1n) is 8.37. The van der Waals surface area contributed by atoms with Crippen molar-refractivity contribution in [2.24, 2.45) is 0 Å². The van der Waals surface area contributed by atoms with Crippen molar-refractivity contribution in [3.8, 4) is 23.0 Å². The van der Waals surface area contributed by atoms with E-state index in [0.717, 1.165) is 11.1 Å². The van der Waals surface area contributed by atoms with Crippen LogP contribution in [0.5, 0.6) is 11.5 Å². The van der Waals surface area contributed by atoms with Crippen LogP contribution in [-0.4, -0.2) is 20.1 Å². The van der Waals surface area contributed by atoms with Crippen LogP contribution < -0.4 is 10.3 Å². The molecule has 4 aromatic rings. The number of nitrogens with one attached hydrogen (secondary N) is 1. The summed E-state index contributed by atoms with van der Waals surface area (Å²) in [6, 6.07) is 7.25. The number of fused-ring (bicyclic) bond motifs is 1. The highest BCUT2D eigenvalue weighted by molar-refractivity contribution is 5.84. The normalized spacial score (nSPS) is 11.0. The van der Waals surface area contributed by atoms with Crippen LogP contribution in [0.4, 0.5) is 0 Å². The van der Waals surface area contributed by atoms with Crippen LogP contribution >= 0.6 is 0 Å². The van der Waals surface area contributed by atoms with Gasteiger partial charge in [-0.1, -0.05) is 0 Å². The minimum absolute atomic E-state index is 0.0257. The summed E-state index contributed by atoms with van der Waals surface area (Å²) in [7, 11) is 0. The smallest absolute Gasteiger partial charge is 0.255 e. The second-order valence-electron chi connectivity index (χ2n) is 6.22. The third-order valence-corrected chi connectivity index (χ3v) is 4.40. The van der Waals surface area contributed by atoms with E-state index >= 15 is 0 Å². The molecule has 0 aliphatic heterocycles. The number of hydrogen-bond acceptors (Lipinski definition) is 6. The highest BCUT2D eigenvalue weighted by Crippen LogP contribution is 2.33. The minimum Gasteiger partial charge on any atom is -0.507 e. The molecule has 0 fully saturated rings. The molecular weight excluding hydrogens is 346 g/mol. The first kappa shape index (κ1) is 16.8. The molecule has 0 aliphatic rings. The van der Waals surface area contributed by atoms with Gasteiger partial charge in [0.1, 0.15) is 23.7 Å². The molecule has 3 aromatic heterocycles. The zero-order valence-corrected chi connectivity index (χ0v) is 14.8. The number of rotatable bonds is 4. The van der Waals surface area contributed by atoms with Crippen LogP contribution in [0, 0.1) is 13.8 Å². The van der Waals surface area contributed by atoms with Crippen molar-refractivity contribution >= 4 is 11.0 Å². The number of aromatic nitrogens is 3. The Balaban J connectivity index is 1.66. The van der Waals surface area contributed by atoms with Crippen LogP contribution in [0.2, 0.25) is 0 Å². The van der Waals surface area contributed by atoms with Gasteiger partial charge in [-0.25, -0.2) is 0 Å². The van der Waals surface area contributed by atoms with Crippen molar-refractivity contribution < 1.29 is 14.3 Å². The Morgan fingerprint density at radius 3 is 2.81 bits per heavy atom. The molecule has 0 spiro atoms. The lowest BCUT2D eigenvalue weighted by molar-refractivity contribution is 0.301. The number of nitrogens with zero attached hydrogens (tertiary/aromatic N) is 2. The first-order valence-corrected chi connectivity index (χ1v) is 8.37. The summed E-state index contributed by atoms with van der Waals surface area (Å²) in [6.07, 6.45) is 4.87. The van der Waals surface area contributed by atoms with Gasteiger partial charge in [0.05, 0.1) is 23.1 Å². The Morgan fingerprint density at radius 1 is 1.19 bits per heavy atom. The molecule has 7 heteroatoms. The molecule has 0 bridgehead atoms. The summed E-state index contributed by atoms with van der Waals surface area (Å²) in [6.45, 7) is 3.61. The van der Waals surface area contributed by atoms with Crippen molar-refractivity contribution in [3.05, 3.63) is 70.0 Å². The lowest BCUT2D eigenvalue weighted by Gasteiger charge is -2.06. The molecule has 0 atom stereocenters.